The highest BCUT2D eigenvalue weighted by atomic mass is 16.6. The van der Waals surface area contributed by atoms with Crippen molar-refractivity contribution in [3.8, 4) is 0 Å². The van der Waals surface area contributed by atoms with Crippen LogP contribution in [-0.4, -0.2) is 16.9 Å². The van der Waals surface area contributed by atoms with Gasteiger partial charge in [-0.1, -0.05) is 6.07 Å². The molecule has 2 aliphatic rings. The lowest BCUT2D eigenvalue weighted by Gasteiger charge is -2.27. The van der Waals surface area contributed by atoms with Crippen molar-refractivity contribution in [2.24, 2.45) is 23.5 Å². The molecule has 112 valence electrons. The van der Waals surface area contributed by atoms with Crippen molar-refractivity contribution in [1.29, 1.82) is 0 Å². The van der Waals surface area contributed by atoms with E-state index in [0.29, 0.717) is 17.5 Å². The molecule has 6 nitrogen and oxygen atoms in total. The van der Waals surface area contributed by atoms with E-state index in [1.807, 2.05) is 6.92 Å². The number of carbonyl (C=O) groups excluding carboxylic acids is 1. The monoisotopic (exact) mass is 289 g/mol. The van der Waals surface area contributed by atoms with E-state index in [-0.39, 0.29) is 23.6 Å². The lowest BCUT2D eigenvalue weighted by molar-refractivity contribution is -0.384. The zero-order valence-electron chi connectivity index (χ0n) is 11.9. The first-order chi connectivity index (χ1) is 9.97. The molecule has 1 aromatic rings. The molecule has 3 N–H and O–H groups in total. The molecule has 2 bridgehead atoms. The molecule has 0 aromatic heterocycles. The Hall–Kier alpha value is -1.95. The molecule has 0 radical (unpaired) electrons. The van der Waals surface area contributed by atoms with Gasteiger partial charge in [-0.2, -0.15) is 0 Å². The SMILES string of the molecule is Cc1ccc([N+](=O)[O-])cc1NC(=O)C1C2CCC(C2)C1N. The van der Waals surface area contributed by atoms with Gasteiger partial charge >= 0.3 is 0 Å². The van der Waals surface area contributed by atoms with Crippen molar-refractivity contribution < 1.29 is 9.72 Å². The number of nitrogens with two attached hydrogens (primary N) is 1. The standard InChI is InChI=1S/C15H19N3O3/c1-8-2-5-11(18(20)21)7-12(8)17-15(19)13-9-3-4-10(6-9)14(13)16/h2,5,7,9-10,13-14H,3-4,6,16H2,1H3,(H,17,19). The molecule has 0 aliphatic heterocycles. The number of benzene rings is 1. The summed E-state index contributed by atoms with van der Waals surface area (Å²) in [6.07, 6.45) is 3.21. The second kappa shape index (κ2) is 5.11. The second-order valence-corrected chi connectivity index (χ2v) is 6.18. The Labute approximate surface area is 122 Å². The van der Waals surface area contributed by atoms with Crippen molar-refractivity contribution in [2.75, 3.05) is 5.32 Å². The highest BCUT2D eigenvalue weighted by Crippen LogP contribution is 2.48. The largest absolute Gasteiger partial charge is 0.327 e. The number of amides is 1. The number of hydrogen-bond acceptors (Lipinski definition) is 4. The molecule has 4 unspecified atom stereocenters. The number of aryl methyl sites for hydroxylation is 1. The summed E-state index contributed by atoms with van der Waals surface area (Å²) in [5, 5.41) is 13.7. The second-order valence-electron chi connectivity index (χ2n) is 6.18. The molecule has 2 aliphatic carbocycles. The summed E-state index contributed by atoms with van der Waals surface area (Å²) < 4.78 is 0. The number of nitro groups is 1. The van der Waals surface area contributed by atoms with Crippen molar-refractivity contribution in [2.45, 2.75) is 32.2 Å². The maximum Gasteiger partial charge on any atom is 0.271 e. The highest BCUT2D eigenvalue weighted by Gasteiger charge is 2.49. The van der Waals surface area contributed by atoms with E-state index in [0.717, 1.165) is 24.8 Å². The van der Waals surface area contributed by atoms with Gasteiger partial charge in [0.05, 0.1) is 16.5 Å². The molecular formula is C15H19N3O3. The molecule has 0 heterocycles. The predicted molar refractivity (Wildman–Crippen MR) is 78.8 cm³/mol. The minimum Gasteiger partial charge on any atom is -0.327 e. The Balaban J connectivity index is 1.79. The van der Waals surface area contributed by atoms with Gasteiger partial charge in [0.15, 0.2) is 0 Å². The quantitative estimate of drug-likeness (QED) is 0.658. The van der Waals surface area contributed by atoms with Crippen molar-refractivity contribution >= 4 is 17.3 Å². The van der Waals surface area contributed by atoms with E-state index in [9.17, 15) is 14.9 Å². The Kier molecular flexibility index (Phi) is 3.41. The van der Waals surface area contributed by atoms with Gasteiger partial charge in [-0.15, -0.1) is 0 Å². The Morgan fingerprint density at radius 3 is 2.71 bits per heavy atom. The highest BCUT2D eigenvalue weighted by molar-refractivity contribution is 5.94. The summed E-state index contributed by atoms with van der Waals surface area (Å²) in [5.41, 5.74) is 7.46. The Morgan fingerprint density at radius 1 is 1.38 bits per heavy atom. The molecule has 1 aromatic carbocycles. The minimum atomic E-state index is -0.460. The van der Waals surface area contributed by atoms with Crippen LogP contribution >= 0.6 is 0 Å². The van der Waals surface area contributed by atoms with Gasteiger partial charge in [-0.25, -0.2) is 0 Å². The third kappa shape index (κ3) is 2.40. The normalized spacial score (nSPS) is 30.4. The van der Waals surface area contributed by atoms with Crippen LogP contribution in [0, 0.1) is 34.8 Å². The first-order valence-electron chi connectivity index (χ1n) is 7.29. The summed E-state index contributed by atoms with van der Waals surface area (Å²) in [6.45, 7) is 1.82. The number of anilines is 1. The smallest absolute Gasteiger partial charge is 0.271 e. The summed E-state index contributed by atoms with van der Waals surface area (Å²) >= 11 is 0. The summed E-state index contributed by atoms with van der Waals surface area (Å²) in [4.78, 5) is 22.9. The predicted octanol–water partition coefficient (Wildman–Crippen LogP) is 2.22. The number of nitrogens with one attached hydrogen (secondary N) is 1. The van der Waals surface area contributed by atoms with Gasteiger partial charge in [0, 0.05) is 18.2 Å². The summed E-state index contributed by atoms with van der Waals surface area (Å²) in [7, 11) is 0. The van der Waals surface area contributed by atoms with Crippen LogP contribution in [0.2, 0.25) is 0 Å². The molecule has 21 heavy (non-hydrogen) atoms. The Morgan fingerprint density at radius 2 is 2.10 bits per heavy atom. The zero-order chi connectivity index (χ0) is 15.1. The van der Waals surface area contributed by atoms with Crippen LogP contribution in [0.4, 0.5) is 11.4 Å². The third-order valence-corrected chi connectivity index (χ3v) is 4.97. The topological polar surface area (TPSA) is 98.3 Å². The van der Waals surface area contributed by atoms with Crippen LogP contribution in [0.3, 0.4) is 0 Å². The van der Waals surface area contributed by atoms with Gasteiger partial charge in [-0.05, 0) is 43.6 Å². The number of carbonyl (C=O) groups is 1. The number of non-ortho nitro benzene ring substituents is 1. The van der Waals surface area contributed by atoms with Gasteiger partial charge < -0.3 is 11.1 Å². The van der Waals surface area contributed by atoms with Gasteiger partial charge in [0.25, 0.3) is 5.69 Å². The van der Waals surface area contributed by atoms with Crippen LogP contribution in [0.5, 0.6) is 0 Å². The van der Waals surface area contributed by atoms with Gasteiger partial charge in [0.2, 0.25) is 5.91 Å². The Bertz CT molecular complexity index is 600. The fraction of sp³-hybridized carbons (Fsp3) is 0.533. The van der Waals surface area contributed by atoms with Crippen LogP contribution < -0.4 is 11.1 Å². The van der Waals surface area contributed by atoms with E-state index in [1.165, 1.54) is 12.1 Å². The number of fused-ring (bicyclic) bond motifs is 2. The van der Waals surface area contributed by atoms with E-state index in [4.69, 9.17) is 5.73 Å². The summed E-state index contributed by atoms with van der Waals surface area (Å²) in [6, 6.07) is 4.41. The molecule has 2 fully saturated rings. The first kappa shape index (κ1) is 14.0. The molecule has 1 amide bonds. The van der Waals surface area contributed by atoms with E-state index < -0.39 is 4.92 Å². The molecule has 3 rings (SSSR count). The van der Waals surface area contributed by atoms with Gasteiger partial charge in [-0.3, -0.25) is 14.9 Å². The lowest BCUT2D eigenvalue weighted by Crippen LogP contribution is -2.42. The molecular weight excluding hydrogens is 270 g/mol. The fourth-order valence-electron chi connectivity index (χ4n) is 3.80. The number of nitro benzene ring substituents is 1. The van der Waals surface area contributed by atoms with Crippen molar-refractivity contribution in [3.63, 3.8) is 0 Å². The molecule has 2 saturated carbocycles. The molecule has 6 heteroatoms. The van der Waals surface area contributed by atoms with Crippen molar-refractivity contribution in [1.82, 2.24) is 0 Å². The maximum absolute atomic E-state index is 12.5. The summed E-state index contributed by atoms with van der Waals surface area (Å²) in [5.74, 6) is 0.557. The van der Waals surface area contributed by atoms with Crippen LogP contribution in [0.1, 0.15) is 24.8 Å². The average Bonchev–Trinajstić information content (AvgIpc) is 3.01. The van der Waals surface area contributed by atoms with Crippen LogP contribution in [0.15, 0.2) is 18.2 Å². The fourth-order valence-corrected chi connectivity index (χ4v) is 3.80. The van der Waals surface area contributed by atoms with Crippen molar-refractivity contribution in [3.05, 3.63) is 33.9 Å². The molecule has 4 atom stereocenters. The van der Waals surface area contributed by atoms with Crippen LogP contribution in [0.25, 0.3) is 0 Å². The maximum atomic E-state index is 12.5. The van der Waals surface area contributed by atoms with E-state index >= 15 is 0 Å². The van der Waals surface area contributed by atoms with Gasteiger partial charge in [0.1, 0.15) is 0 Å². The third-order valence-electron chi connectivity index (χ3n) is 4.97. The van der Waals surface area contributed by atoms with E-state index in [2.05, 4.69) is 5.32 Å². The number of nitrogens with zero attached hydrogens (tertiary/aromatic N) is 1. The molecule has 0 spiro atoms. The average molecular weight is 289 g/mol. The molecule has 0 saturated heterocycles. The first-order valence-corrected chi connectivity index (χ1v) is 7.29. The number of hydrogen-bond donors (Lipinski definition) is 2. The van der Waals surface area contributed by atoms with Crippen LogP contribution in [-0.2, 0) is 4.79 Å². The van der Waals surface area contributed by atoms with E-state index in [1.54, 1.807) is 6.07 Å². The minimum absolute atomic E-state index is 0.0202. The number of rotatable bonds is 3. The lowest BCUT2D eigenvalue weighted by atomic mass is 9.84. The zero-order valence-corrected chi connectivity index (χ0v) is 11.9.